The van der Waals surface area contributed by atoms with E-state index in [1.807, 2.05) is 36.4 Å². The molecule has 0 aliphatic rings. The molecule has 0 aliphatic heterocycles. The maximum Gasteiger partial charge on any atom is 0.407 e. The Morgan fingerprint density at radius 1 is 1.42 bits per heavy atom. The van der Waals surface area contributed by atoms with Crippen molar-refractivity contribution in [1.29, 1.82) is 5.26 Å². The molecule has 1 rings (SSSR count). The Hall–Kier alpha value is -2.06. The average Bonchev–Trinajstić information content (AvgIpc) is 2.45. The maximum absolute atomic E-state index is 11.5. The molecule has 19 heavy (non-hydrogen) atoms. The molecule has 102 valence electrons. The van der Waals surface area contributed by atoms with Gasteiger partial charge in [-0.25, -0.2) is 4.79 Å². The van der Waals surface area contributed by atoms with Crippen molar-refractivity contribution in [2.24, 2.45) is 0 Å². The van der Waals surface area contributed by atoms with E-state index < -0.39 is 6.09 Å². The zero-order chi connectivity index (χ0) is 13.9. The maximum atomic E-state index is 11.5. The molecule has 5 nitrogen and oxygen atoms in total. The highest BCUT2D eigenvalue weighted by Gasteiger charge is 2.11. The Morgan fingerprint density at radius 3 is 2.79 bits per heavy atom. The highest BCUT2D eigenvalue weighted by molar-refractivity contribution is 5.67. The number of hydrogen-bond donors (Lipinski definition) is 2. The smallest absolute Gasteiger partial charge is 0.407 e. The molecule has 0 aromatic heterocycles. The summed E-state index contributed by atoms with van der Waals surface area (Å²) in [7, 11) is 0. The van der Waals surface area contributed by atoms with Gasteiger partial charge in [-0.15, -0.1) is 0 Å². The molecular weight excluding hydrogens is 244 g/mol. The molecule has 1 aromatic rings. The summed E-state index contributed by atoms with van der Waals surface area (Å²) in [6.45, 7) is 0.0366. The summed E-state index contributed by atoms with van der Waals surface area (Å²) in [5.74, 6) is 0. The number of nitrogens with one attached hydrogen (secondary N) is 1. The van der Waals surface area contributed by atoms with E-state index >= 15 is 0 Å². The van der Waals surface area contributed by atoms with Crippen LogP contribution in [0, 0.1) is 11.3 Å². The SMILES string of the molecule is N#CCCCC(CO)NC(=O)OCc1ccccc1. The van der Waals surface area contributed by atoms with Crippen molar-refractivity contribution in [3.63, 3.8) is 0 Å². The lowest BCUT2D eigenvalue weighted by Gasteiger charge is -2.15. The van der Waals surface area contributed by atoms with Gasteiger partial charge in [0.2, 0.25) is 0 Å². The molecule has 0 heterocycles. The van der Waals surface area contributed by atoms with Crippen molar-refractivity contribution < 1.29 is 14.6 Å². The molecule has 0 saturated heterocycles. The molecule has 1 aromatic carbocycles. The number of rotatable bonds is 7. The van der Waals surface area contributed by atoms with E-state index in [9.17, 15) is 4.79 Å². The standard InChI is InChI=1S/C14H18N2O3/c15-9-5-4-8-13(10-17)16-14(18)19-11-12-6-2-1-3-7-12/h1-3,6-7,13,17H,4-5,8,10-11H2,(H,16,18). The first-order chi connectivity index (χ1) is 9.26. The molecule has 0 radical (unpaired) electrons. The first-order valence-electron chi connectivity index (χ1n) is 6.21. The fraction of sp³-hybridized carbons (Fsp3) is 0.429. The number of aliphatic hydroxyl groups excluding tert-OH is 1. The molecule has 0 aliphatic carbocycles. The van der Waals surface area contributed by atoms with E-state index in [1.54, 1.807) is 0 Å². The van der Waals surface area contributed by atoms with Gasteiger partial charge in [0.25, 0.3) is 0 Å². The van der Waals surface area contributed by atoms with Crippen LogP contribution in [0.4, 0.5) is 4.79 Å². The van der Waals surface area contributed by atoms with Crippen LogP contribution in [-0.4, -0.2) is 23.8 Å². The van der Waals surface area contributed by atoms with Gasteiger partial charge in [-0.3, -0.25) is 0 Å². The van der Waals surface area contributed by atoms with Gasteiger partial charge in [-0.2, -0.15) is 5.26 Å². The first kappa shape index (κ1) is 15.0. The van der Waals surface area contributed by atoms with Gasteiger partial charge in [0.15, 0.2) is 0 Å². The van der Waals surface area contributed by atoms with Gasteiger partial charge in [-0.05, 0) is 18.4 Å². The van der Waals surface area contributed by atoms with Crippen LogP contribution in [0.3, 0.4) is 0 Å². The van der Waals surface area contributed by atoms with Crippen molar-refractivity contribution in [1.82, 2.24) is 5.32 Å². The van der Waals surface area contributed by atoms with Crippen LogP contribution in [0.5, 0.6) is 0 Å². The average molecular weight is 262 g/mol. The number of benzene rings is 1. The van der Waals surface area contributed by atoms with Gasteiger partial charge in [-0.1, -0.05) is 30.3 Å². The highest BCUT2D eigenvalue weighted by atomic mass is 16.5. The Morgan fingerprint density at radius 2 is 2.16 bits per heavy atom. The first-order valence-corrected chi connectivity index (χ1v) is 6.21. The predicted molar refractivity (Wildman–Crippen MR) is 70.1 cm³/mol. The lowest BCUT2D eigenvalue weighted by molar-refractivity contribution is 0.128. The van der Waals surface area contributed by atoms with Crippen LogP contribution in [0.2, 0.25) is 0 Å². The van der Waals surface area contributed by atoms with Gasteiger partial charge in [0.1, 0.15) is 6.61 Å². The van der Waals surface area contributed by atoms with E-state index in [0.717, 1.165) is 5.56 Å². The Bertz CT molecular complexity index is 414. The molecular formula is C14H18N2O3. The summed E-state index contributed by atoms with van der Waals surface area (Å²) in [5.41, 5.74) is 0.905. The molecule has 1 atom stereocenters. The number of alkyl carbamates (subject to hydrolysis) is 1. The number of nitriles is 1. The molecule has 1 amide bonds. The molecule has 1 unspecified atom stereocenters. The number of carbonyl (C=O) groups excluding carboxylic acids is 1. The second-order valence-corrected chi connectivity index (χ2v) is 4.14. The second-order valence-electron chi connectivity index (χ2n) is 4.14. The van der Waals surface area contributed by atoms with Crippen LogP contribution in [0.25, 0.3) is 0 Å². The minimum Gasteiger partial charge on any atom is -0.445 e. The van der Waals surface area contributed by atoms with E-state index in [1.165, 1.54) is 0 Å². The van der Waals surface area contributed by atoms with Crippen LogP contribution < -0.4 is 5.32 Å². The number of ether oxygens (including phenoxy) is 1. The second kappa shape index (κ2) is 8.95. The number of aliphatic hydroxyl groups is 1. The Labute approximate surface area is 112 Å². The van der Waals surface area contributed by atoms with E-state index in [-0.39, 0.29) is 19.3 Å². The van der Waals surface area contributed by atoms with Gasteiger partial charge in [0.05, 0.1) is 18.7 Å². The van der Waals surface area contributed by atoms with Crippen molar-refractivity contribution in [3.8, 4) is 6.07 Å². The number of nitrogens with zero attached hydrogens (tertiary/aromatic N) is 1. The third kappa shape index (κ3) is 6.43. The summed E-state index contributed by atoms with van der Waals surface area (Å²) in [5, 5.41) is 20.1. The summed E-state index contributed by atoms with van der Waals surface area (Å²) in [4.78, 5) is 11.5. The van der Waals surface area contributed by atoms with Crippen LogP contribution in [0.15, 0.2) is 30.3 Å². The van der Waals surface area contributed by atoms with Crippen molar-refractivity contribution in [2.75, 3.05) is 6.61 Å². The molecule has 5 heteroatoms. The molecule has 2 N–H and O–H groups in total. The zero-order valence-electron chi connectivity index (χ0n) is 10.7. The number of carbonyl (C=O) groups is 1. The van der Waals surface area contributed by atoms with Crippen LogP contribution >= 0.6 is 0 Å². The lowest BCUT2D eigenvalue weighted by atomic mass is 10.1. The predicted octanol–water partition coefficient (Wildman–Crippen LogP) is 1.97. The van der Waals surface area contributed by atoms with Gasteiger partial charge < -0.3 is 15.2 Å². The Kier molecular flexibility index (Phi) is 7.06. The minimum atomic E-state index is -0.556. The molecule has 0 spiro atoms. The van der Waals surface area contributed by atoms with Gasteiger partial charge in [0, 0.05) is 6.42 Å². The Balaban J connectivity index is 2.27. The third-order valence-corrected chi connectivity index (χ3v) is 2.60. The molecule has 0 bridgehead atoms. The van der Waals surface area contributed by atoms with Gasteiger partial charge >= 0.3 is 6.09 Å². The van der Waals surface area contributed by atoms with E-state index in [0.29, 0.717) is 19.3 Å². The summed E-state index contributed by atoms with van der Waals surface area (Å²) in [6, 6.07) is 11.0. The monoisotopic (exact) mass is 262 g/mol. The van der Waals surface area contributed by atoms with Crippen LogP contribution in [-0.2, 0) is 11.3 Å². The summed E-state index contributed by atoms with van der Waals surface area (Å²) in [6.07, 6.45) is 1.06. The summed E-state index contributed by atoms with van der Waals surface area (Å²) >= 11 is 0. The normalized spacial score (nSPS) is 11.4. The number of unbranched alkanes of at least 4 members (excludes halogenated alkanes) is 1. The zero-order valence-corrected chi connectivity index (χ0v) is 10.7. The quantitative estimate of drug-likeness (QED) is 0.736. The lowest BCUT2D eigenvalue weighted by Crippen LogP contribution is -2.37. The van der Waals surface area contributed by atoms with Crippen LogP contribution in [0.1, 0.15) is 24.8 Å². The minimum absolute atomic E-state index is 0.161. The van der Waals surface area contributed by atoms with E-state index in [2.05, 4.69) is 5.32 Å². The number of hydrogen-bond acceptors (Lipinski definition) is 4. The largest absolute Gasteiger partial charge is 0.445 e. The summed E-state index contributed by atoms with van der Waals surface area (Å²) < 4.78 is 5.04. The third-order valence-electron chi connectivity index (χ3n) is 2.60. The van der Waals surface area contributed by atoms with Crippen molar-refractivity contribution in [2.45, 2.75) is 31.9 Å². The molecule has 0 fully saturated rings. The topological polar surface area (TPSA) is 82.4 Å². The van der Waals surface area contributed by atoms with Crippen molar-refractivity contribution in [3.05, 3.63) is 35.9 Å². The molecule has 0 saturated carbocycles. The fourth-order valence-corrected chi connectivity index (χ4v) is 1.57. The fourth-order valence-electron chi connectivity index (χ4n) is 1.57. The highest BCUT2D eigenvalue weighted by Crippen LogP contribution is 2.03. The van der Waals surface area contributed by atoms with Crippen molar-refractivity contribution >= 4 is 6.09 Å². The number of amides is 1. The van der Waals surface area contributed by atoms with E-state index in [4.69, 9.17) is 15.1 Å².